The molecule has 3 aromatic rings. The van der Waals surface area contributed by atoms with Gasteiger partial charge in [-0.25, -0.2) is 4.39 Å². The summed E-state index contributed by atoms with van der Waals surface area (Å²) in [7, 11) is 0. The van der Waals surface area contributed by atoms with E-state index in [-0.39, 0.29) is 11.3 Å². The highest BCUT2D eigenvalue weighted by Crippen LogP contribution is 2.42. The predicted octanol–water partition coefficient (Wildman–Crippen LogP) is 5.86. The minimum atomic E-state index is -0.914. The molecule has 0 aromatic heterocycles. The van der Waals surface area contributed by atoms with Crippen LogP contribution in [0.4, 0.5) is 10.1 Å². The van der Waals surface area contributed by atoms with E-state index < -0.39 is 23.5 Å². The highest BCUT2D eigenvalue weighted by Gasteiger charge is 2.47. The Morgan fingerprint density at radius 2 is 1.74 bits per heavy atom. The van der Waals surface area contributed by atoms with Crippen molar-refractivity contribution in [2.24, 2.45) is 0 Å². The number of hydrogen-bond donors (Lipinski definition) is 1. The van der Waals surface area contributed by atoms with Crippen molar-refractivity contribution in [1.82, 2.24) is 0 Å². The van der Waals surface area contributed by atoms with Crippen molar-refractivity contribution >= 4 is 23.1 Å². The van der Waals surface area contributed by atoms with Crippen LogP contribution in [0.25, 0.3) is 5.76 Å². The zero-order valence-electron chi connectivity index (χ0n) is 19.3. The number of amides is 1. The van der Waals surface area contributed by atoms with Crippen LogP contribution in [0.5, 0.6) is 5.75 Å². The molecule has 1 N–H and O–H groups in total. The first-order valence-electron chi connectivity index (χ1n) is 11.2. The predicted molar refractivity (Wildman–Crippen MR) is 129 cm³/mol. The van der Waals surface area contributed by atoms with Crippen LogP contribution in [-0.2, 0) is 9.59 Å². The summed E-state index contributed by atoms with van der Waals surface area (Å²) < 4.78 is 19.3. The number of rotatable bonds is 6. The molecule has 1 unspecified atom stereocenters. The molecule has 1 atom stereocenters. The number of aliphatic hydroxyl groups excluding tert-OH is 1. The number of aliphatic hydroxyl groups is 1. The molecular formula is C28H26FNO4. The van der Waals surface area contributed by atoms with E-state index in [2.05, 4.69) is 0 Å². The first-order chi connectivity index (χ1) is 16.3. The van der Waals surface area contributed by atoms with Gasteiger partial charge in [-0.3, -0.25) is 14.5 Å². The van der Waals surface area contributed by atoms with Crippen LogP contribution in [0.15, 0.2) is 72.3 Å². The minimum absolute atomic E-state index is 0.0533. The number of nitrogens with zero attached hydrogens (tertiary/aromatic N) is 1. The Bertz CT molecular complexity index is 1280. The van der Waals surface area contributed by atoms with Gasteiger partial charge in [0.1, 0.15) is 17.3 Å². The molecule has 1 saturated heterocycles. The van der Waals surface area contributed by atoms with Crippen molar-refractivity contribution in [3.05, 3.63) is 100 Å². The number of anilines is 1. The number of benzene rings is 3. The molecule has 5 nitrogen and oxygen atoms in total. The molecule has 0 saturated carbocycles. The standard InChI is InChI=1S/C28H26FNO4/c1-4-14-34-23-7-5-6-20(16-23)26(31)24-25(19-9-11-21(29)12-10-19)30(28(33)27(24)32)22-13-8-17(2)18(3)15-22/h5-13,15-16,25,31H,4,14H2,1-3H3/b26-24+. The van der Waals surface area contributed by atoms with Gasteiger partial charge in [-0.15, -0.1) is 0 Å². The van der Waals surface area contributed by atoms with E-state index >= 15 is 0 Å². The van der Waals surface area contributed by atoms with Gasteiger partial charge < -0.3 is 9.84 Å². The van der Waals surface area contributed by atoms with Crippen LogP contribution >= 0.6 is 0 Å². The first-order valence-corrected chi connectivity index (χ1v) is 11.2. The lowest BCUT2D eigenvalue weighted by Crippen LogP contribution is -2.29. The number of carbonyl (C=O) groups is 2. The van der Waals surface area contributed by atoms with Crippen molar-refractivity contribution in [3.8, 4) is 5.75 Å². The Morgan fingerprint density at radius 1 is 1.00 bits per heavy atom. The Morgan fingerprint density at radius 3 is 2.41 bits per heavy atom. The Kier molecular flexibility index (Phi) is 6.50. The largest absolute Gasteiger partial charge is 0.507 e. The number of Topliss-reactive ketones (excluding diaryl/α,β-unsaturated/α-hetero) is 1. The quantitative estimate of drug-likeness (QED) is 0.285. The summed E-state index contributed by atoms with van der Waals surface area (Å²) >= 11 is 0. The van der Waals surface area contributed by atoms with E-state index in [9.17, 15) is 19.1 Å². The Hall–Kier alpha value is -3.93. The van der Waals surface area contributed by atoms with Crippen LogP contribution in [0.2, 0.25) is 0 Å². The lowest BCUT2D eigenvalue weighted by atomic mass is 9.95. The normalized spacial score (nSPS) is 17.3. The highest BCUT2D eigenvalue weighted by atomic mass is 19.1. The summed E-state index contributed by atoms with van der Waals surface area (Å²) in [6.45, 7) is 6.38. The lowest BCUT2D eigenvalue weighted by Gasteiger charge is -2.26. The maximum absolute atomic E-state index is 13.7. The molecule has 3 aromatic carbocycles. The van der Waals surface area contributed by atoms with E-state index in [1.807, 2.05) is 32.9 Å². The zero-order valence-corrected chi connectivity index (χ0v) is 19.3. The molecule has 34 heavy (non-hydrogen) atoms. The average Bonchev–Trinajstić information content (AvgIpc) is 3.10. The molecular weight excluding hydrogens is 433 g/mol. The molecule has 0 spiro atoms. The number of halogens is 1. The molecule has 0 aliphatic carbocycles. The fourth-order valence-corrected chi connectivity index (χ4v) is 4.04. The van der Waals surface area contributed by atoms with Gasteiger partial charge in [0, 0.05) is 11.3 Å². The highest BCUT2D eigenvalue weighted by molar-refractivity contribution is 6.51. The van der Waals surface area contributed by atoms with Crippen LogP contribution in [0.3, 0.4) is 0 Å². The summed E-state index contributed by atoms with van der Waals surface area (Å²) in [6, 6.07) is 16.9. The summed E-state index contributed by atoms with van der Waals surface area (Å²) in [4.78, 5) is 27.9. The number of carbonyl (C=O) groups excluding carboxylic acids is 2. The molecule has 1 amide bonds. The molecule has 0 bridgehead atoms. The molecule has 1 aliphatic rings. The van der Waals surface area contributed by atoms with Crippen molar-refractivity contribution < 1.29 is 23.8 Å². The van der Waals surface area contributed by atoms with Gasteiger partial charge >= 0.3 is 0 Å². The van der Waals surface area contributed by atoms with Gasteiger partial charge in [-0.2, -0.15) is 0 Å². The van der Waals surface area contributed by atoms with E-state index in [4.69, 9.17) is 4.74 Å². The molecule has 4 rings (SSSR count). The molecule has 6 heteroatoms. The SMILES string of the molecule is CCCOc1cccc(/C(O)=C2\C(=O)C(=O)N(c3ccc(C)c(C)c3)C2c2ccc(F)cc2)c1. The van der Waals surface area contributed by atoms with Gasteiger partial charge in [0.15, 0.2) is 0 Å². The van der Waals surface area contributed by atoms with E-state index in [1.165, 1.54) is 29.2 Å². The maximum atomic E-state index is 13.7. The second kappa shape index (κ2) is 9.51. The third kappa shape index (κ3) is 4.31. The van der Waals surface area contributed by atoms with Crippen molar-refractivity contribution in [2.45, 2.75) is 33.2 Å². The Labute approximate surface area is 198 Å². The van der Waals surface area contributed by atoms with Crippen molar-refractivity contribution in [3.63, 3.8) is 0 Å². The van der Waals surface area contributed by atoms with E-state index in [0.717, 1.165) is 17.5 Å². The van der Waals surface area contributed by atoms with Gasteiger partial charge in [0.25, 0.3) is 11.7 Å². The topological polar surface area (TPSA) is 66.8 Å². The number of aryl methyl sites for hydroxylation is 2. The maximum Gasteiger partial charge on any atom is 0.300 e. The molecule has 1 heterocycles. The third-order valence-electron chi connectivity index (χ3n) is 5.98. The molecule has 1 aliphatic heterocycles. The third-order valence-corrected chi connectivity index (χ3v) is 5.98. The van der Waals surface area contributed by atoms with Gasteiger partial charge in [0.2, 0.25) is 0 Å². The monoisotopic (exact) mass is 459 g/mol. The zero-order chi connectivity index (χ0) is 24.4. The second-order valence-corrected chi connectivity index (χ2v) is 8.37. The van der Waals surface area contributed by atoms with Gasteiger partial charge in [0.05, 0.1) is 18.2 Å². The van der Waals surface area contributed by atoms with Crippen molar-refractivity contribution in [2.75, 3.05) is 11.5 Å². The van der Waals surface area contributed by atoms with Crippen LogP contribution in [0.1, 0.15) is 41.6 Å². The minimum Gasteiger partial charge on any atom is -0.507 e. The summed E-state index contributed by atoms with van der Waals surface area (Å²) in [6.07, 6.45) is 0.821. The van der Waals surface area contributed by atoms with E-state index in [0.29, 0.717) is 29.2 Å². The smallest absolute Gasteiger partial charge is 0.300 e. The number of ether oxygens (including phenoxy) is 1. The molecule has 174 valence electrons. The first kappa shape index (κ1) is 23.2. The van der Waals surface area contributed by atoms with E-state index in [1.54, 1.807) is 30.3 Å². The lowest BCUT2D eigenvalue weighted by molar-refractivity contribution is -0.132. The molecule has 1 fully saturated rings. The fourth-order valence-electron chi connectivity index (χ4n) is 4.04. The van der Waals surface area contributed by atoms with Crippen LogP contribution < -0.4 is 9.64 Å². The Balaban J connectivity index is 1.89. The van der Waals surface area contributed by atoms with Crippen molar-refractivity contribution in [1.29, 1.82) is 0 Å². The van der Waals surface area contributed by atoms with Gasteiger partial charge in [-0.1, -0.05) is 37.3 Å². The van der Waals surface area contributed by atoms with Crippen LogP contribution in [0, 0.1) is 19.7 Å². The van der Waals surface area contributed by atoms with Gasteiger partial charge in [-0.05, 0) is 73.4 Å². The number of hydrogen-bond acceptors (Lipinski definition) is 4. The summed E-state index contributed by atoms with van der Waals surface area (Å²) in [5, 5.41) is 11.3. The van der Waals surface area contributed by atoms with Crippen LogP contribution in [-0.4, -0.2) is 23.4 Å². The molecule has 0 radical (unpaired) electrons. The average molecular weight is 460 g/mol. The number of ketones is 1. The fraction of sp³-hybridized carbons (Fsp3) is 0.214. The summed E-state index contributed by atoms with van der Waals surface area (Å²) in [5.41, 5.74) is 3.35. The second-order valence-electron chi connectivity index (χ2n) is 8.37. The summed E-state index contributed by atoms with van der Waals surface area (Å²) in [5.74, 6) is -1.75.